The number of thiazole rings is 1. The third kappa shape index (κ3) is 2.46. The predicted octanol–water partition coefficient (Wildman–Crippen LogP) is 1.41. The van der Waals surface area contributed by atoms with Gasteiger partial charge in [-0.05, 0) is 19.9 Å². The summed E-state index contributed by atoms with van der Waals surface area (Å²) in [6.45, 7) is 4.29. The van der Waals surface area contributed by atoms with Crippen molar-refractivity contribution in [3.63, 3.8) is 0 Å². The van der Waals surface area contributed by atoms with Crippen molar-refractivity contribution in [3.05, 3.63) is 33.5 Å². The molecule has 16 heavy (non-hydrogen) atoms. The number of hydrogen-bond acceptors (Lipinski definition) is 4. The summed E-state index contributed by atoms with van der Waals surface area (Å²) in [4.78, 5) is 16.9. The van der Waals surface area contributed by atoms with E-state index in [-0.39, 0.29) is 5.91 Å². The van der Waals surface area contributed by atoms with Gasteiger partial charge in [-0.25, -0.2) is 4.98 Å². The second-order valence-corrected chi connectivity index (χ2v) is 4.80. The Hall–Kier alpha value is -1.69. The van der Waals surface area contributed by atoms with E-state index >= 15 is 0 Å². The molecule has 2 heterocycles. The van der Waals surface area contributed by atoms with Gasteiger partial charge in [-0.2, -0.15) is 5.10 Å². The summed E-state index contributed by atoms with van der Waals surface area (Å²) in [6.07, 6.45) is 1.80. The zero-order valence-corrected chi connectivity index (χ0v) is 9.89. The van der Waals surface area contributed by atoms with Crippen LogP contribution < -0.4 is 5.32 Å². The largest absolute Gasteiger partial charge is 0.344 e. The van der Waals surface area contributed by atoms with Gasteiger partial charge in [0.1, 0.15) is 10.7 Å². The SMILES string of the molecule is Cc1cc(C(=O)NCc2ncc(C)s2)n[nH]1. The molecular weight excluding hydrogens is 224 g/mol. The van der Waals surface area contributed by atoms with Gasteiger partial charge in [0.15, 0.2) is 0 Å². The molecule has 0 aliphatic carbocycles. The van der Waals surface area contributed by atoms with Crippen molar-refractivity contribution in [3.8, 4) is 0 Å². The van der Waals surface area contributed by atoms with Crippen LogP contribution >= 0.6 is 11.3 Å². The van der Waals surface area contributed by atoms with E-state index in [0.29, 0.717) is 12.2 Å². The molecule has 0 saturated carbocycles. The maximum Gasteiger partial charge on any atom is 0.272 e. The van der Waals surface area contributed by atoms with Crippen LogP contribution in [0.4, 0.5) is 0 Å². The van der Waals surface area contributed by atoms with Crippen LogP contribution in [0.15, 0.2) is 12.3 Å². The normalized spacial score (nSPS) is 10.4. The van der Waals surface area contributed by atoms with Gasteiger partial charge in [0, 0.05) is 16.8 Å². The molecule has 0 saturated heterocycles. The van der Waals surface area contributed by atoms with E-state index < -0.39 is 0 Å². The first-order chi connectivity index (χ1) is 7.65. The molecular formula is C10H12N4OS. The number of carbonyl (C=O) groups is 1. The number of hydrogen-bond donors (Lipinski definition) is 2. The molecule has 2 rings (SSSR count). The standard InChI is InChI=1S/C10H12N4OS/c1-6-3-8(14-13-6)10(15)12-5-9-11-4-7(2)16-9/h3-4H,5H2,1-2H3,(H,12,15)(H,13,14). The quantitative estimate of drug-likeness (QED) is 0.846. The van der Waals surface area contributed by atoms with E-state index in [2.05, 4.69) is 20.5 Å². The summed E-state index contributed by atoms with van der Waals surface area (Å²) in [5.74, 6) is -0.183. The van der Waals surface area contributed by atoms with E-state index in [1.54, 1.807) is 23.6 Å². The zero-order valence-electron chi connectivity index (χ0n) is 9.07. The maximum absolute atomic E-state index is 11.6. The molecule has 2 aromatic rings. The average Bonchev–Trinajstić information content (AvgIpc) is 2.84. The number of aryl methyl sites for hydroxylation is 2. The highest BCUT2D eigenvalue weighted by Crippen LogP contribution is 2.10. The van der Waals surface area contributed by atoms with Crippen LogP contribution in [0.2, 0.25) is 0 Å². The van der Waals surface area contributed by atoms with Gasteiger partial charge in [-0.3, -0.25) is 9.89 Å². The topological polar surface area (TPSA) is 70.7 Å². The summed E-state index contributed by atoms with van der Waals surface area (Å²) < 4.78 is 0. The van der Waals surface area contributed by atoms with E-state index in [9.17, 15) is 4.79 Å². The molecule has 0 atom stereocenters. The fourth-order valence-corrected chi connectivity index (χ4v) is 1.99. The molecule has 0 aromatic carbocycles. The number of H-pyrrole nitrogens is 1. The van der Waals surface area contributed by atoms with E-state index in [4.69, 9.17) is 0 Å². The fourth-order valence-electron chi connectivity index (χ4n) is 1.26. The molecule has 0 bridgehead atoms. The first kappa shape index (κ1) is 10.8. The number of rotatable bonds is 3. The molecule has 5 nitrogen and oxygen atoms in total. The highest BCUT2D eigenvalue weighted by atomic mass is 32.1. The monoisotopic (exact) mass is 236 g/mol. The van der Waals surface area contributed by atoms with Crippen LogP contribution in [-0.4, -0.2) is 21.1 Å². The summed E-state index contributed by atoms with van der Waals surface area (Å²) >= 11 is 1.58. The van der Waals surface area contributed by atoms with E-state index in [1.807, 2.05) is 13.8 Å². The molecule has 6 heteroatoms. The van der Waals surface area contributed by atoms with Crippen LogP contribution in [0.25, 0.3) is 0 Å². The third-order valence-corrected chi connectivity index (χ3v) is 2.92. The zero-order chi connectivity index (χ0) is 11.5. The smallest absolute Gasteiger partial charge is 0.272 e. The molecule has 1 amide bonds. The summed E-state index contributed by atoms with van der Waals surface area (Å²) in [5, 5.41) is 10.3. The van der Waals surface area contributed by atoms with Crippen LogP contribution in [0, 0.1) is 13.8 Å². The molecule has 2 aromatic heterocycles. The van der Waals surface area contributed by atoms with Gasteiger partial charge in [0.25, 0.3) is 5.91 Å². The molecule has 0 fully saturated rings. The summed E-state index contributed by atoms with van der Waals surface area (Å²) in [5.41, 5.74) is 1.28. The van der Waals surface area contributed by atoms with Crippen LogP contribution in [0.3, 0.4) is 0 Å². The highest BCUT2D eigenvalue weighted by Gasteiger charge is 2.09. The van der Waals surface area contributed by atoms with Crippen molar-refractivity contribution in [2.45, 2.75) is 20.4 Å². The molecule has 0 aliphatic heterocycles. The molecule has 84 valence electrons. The Kier molecular flexibility index (Phi) is 3.00. The highest BCUT2D eigenvalue weighted by molar-refractivity contribution is 7.11. The lowest BCUT2D eigenvalue weighted by molar-refractivity contribution is 0.0946. The Labute approximate surface area is 96.9 Å². The van der Waals surface area contributed by atoms with Crippen molar-refractivity contribution in [2.24, 2.45) is 0 Å². The Balaban J connectivity index is 1.93. The minimum atomic E-state index is -0.183. The lowest BCUT2D eigenvalue weighted by Gasteiger charge is -1.98. The molecule has 0 aliphatic rings. The van der Waals surface area contributed by atoms with Crippen LogP contribution in [0.1, 0.15) is 26.1 Å². The summed E-state index contributed by atoms with van der Waals surface area (Å²) in [6, 6.07) is 1.71. The Morgan fingerprint density at radius 1 is 1.56 bits per heavy atom. The van der Waals surface area contributed by atoms with Gasteiger partial charge in [0.05, 0.1) is 6.54 Å². The van der Waals surface area contributed by atoms with Crippen molar-refractivity contribution in [2.75, 3.05) is 0 Å². The van der Waals surface area contributed by atoms with Crippen molar-refractivity contribution in [1.82, 2.24) is 20.5 Å². The number of aromatic nitrogens is 3. The van der Waals surface area contributed by atoms with Crippen molar-refractivity contribution in [1.29, 1.82) is 0 Å². The number of nitrogens with zero attached hydrogens (tertiary/aromatic N) is 2. The number of amides is 1. The Morgan fingerprint density at radius 3 is 2.94 bits per heavy atom. The predicted molar refractivity (Wildman–Crippen MR) is 61.3 cm³/mol. The van der Waals surface area contributed by atoms with Gasteiger partial charge in [-0.1, -0.05) is 0 Å². The van der Waals surface area contributed by atoms with Gasteiger partial charge >= 0.3 is 0 Å². The van der Waals surface area contributed by atoms with Crippen LogP contribution in [-0.2, 0) is 6.54 Å². The number of carbonyl (C=O) groups excluding carboxylic acids is 1. The van der Waals surface area contributed by atoms with Gasteiger partial charge < -0.3 is 5.32 Å². The molecule has 0 spiro atoms. The summed E-state index contributed by atoms with van der Waals surface area (Å²) in [7, 11) is 0. The van der Waals surface area contributed by atoms with Gasteiger partial charge in [-0.15, -0.1) is 11.3 Å². The molecule has 0 unspecified atom stereocenters. The Morgan fingerprint density at radius 2 is 2.38 bits per heavy atom. The van der Waals surface area contributed by atoms with E-state index in [1.165, 1.54) is 0 Å². The average molecular weight is 236 g/mol. The first-order valence-corrected chi connectivity index (χ1v) is 5.68. The molecule has 2 N–H and O–H groups in total. The van der Waals surface area contributed by atoms with Crippen molar-refractivity contribution >= 4 is 17.2 Å². The van der Waals surface area contributed by atoms with E-state index in [0.717, 1.165) is 15.6 Å². The second-order valence-electron chi connectivity index (χ2n) is 3.48. The van der Waals surface area contributed by atoms with Crippen LogP contribution in [0.5, 0.6) is 0 Å². The minimum Gasteiger partial charge on any atom is -0.344 e. The Bertz CT molecular complexity index is 502. The van der Waals surface area contributed by atoms with Gasteiger partial charge in [0.2, 0.25) is 0 Å². The first-order valence-electron chi connectivity index (χ1n) is 4.86. The third-order valence-electron chi connectivity index (χ3n) is 2.01. The maximum atomic E-state index is 11.6. The molecule has 0 radical (unpaired) electrons. The number of nitrogens with one attached hydrogen (secondary N) is 2. The fraction of sp³-hybridized carbons (Fsp3) is 0.300. The minimum absolute atomic E-state index is 0.183. The lowest BCUT2D eigenvalue weighted by Crippen LogP contribution is -2.23. The van der Waals surface area contributed by atoms with Crippen molar-refractivity contribution < 1.29 is 4.79 Å². The lowest BCUT2D eigenvalue weighted by atomic mass is 10.3. The number of aromatic amines is 1. The second kappa shape index (κ2) is 4.44.